The first-order valence-electron chi connectivity index (χ1n) is 5.61. The molecule has 4 heteroatoms. The normalized spacial score (nSPS) is 10.1. The van der Waals surface area contributed by atoms with Crippen molar-refractivity contribution in [3.8, 4) is 5.75 Å². The Kier molecular flexibility index (Phi) is 4.10. The number of nitrogen functional groups attached to an aromatic ring is 1. The minimum atomic E-state index is 0.727. The van der Waals surface area contributed by atoms with Crippen molar-refractivity contribution in [3.63, 3.8) is 0 Å². The third kappa shape index (κ3) is 3.17. The number of methoxy groups -OCH3 is 1. The van der Waals surface area contributed by atoms with Crippen molar-refractivity contribution in [1.29, 1.82) is 0 Å². The van der Waals surface area contributed by atoms with E-state index in [4.69, 9.17) is 10.5 Å². The monoisotopic (exact) mass is 306 g/mol. The molecule has 3 N–H and O–H groups in total. The Balaban J connectivity index is 2.04. The number of ether oxygens (including phenoxy) is 1. The zero-order chi connectivity index (χ0) is 13.0. The lowest BCUT2D eigenvalue weighted by Crippen LogP contribution is -2.02. The van der Waals surface area contributed by atoms with E-state index in [1.165, 1.54) is 5.56 Å². The van der Waals surface area contributed by atoms with Crippen LogP contribution in [0.1, 0.15) is 5.56 Å². The molecule has 18 heavy (non-hydrogen) atoms. The van der Waals surface area contributed by atoms with Gasteiger partial charge in [-0.2, -0.15) is 0 Å². The highest BCUT2D eigenvalue weighted by Crippen LogP contribution is 2.24. The molecule has 94 valence electrons. The second-order valence-corrected chi connectivity index (χ2v) is 4.85. The smallest absolute Gasteiger partial charge is 0.118 e. The van der Waals surface area contributed by atoms with Crippen LogP contribution >= 0.6 is 15.9 Å². The van der Waals surface area contributed by atoms with Crippen molar-refractivity contribution < 1.29 is 4.74 Å². The highest BCUT2D eigenvalue weighted by Gasteiger charge is 2.00. The summed E-state index contributed by atoms with van der Waals surface area (Å²) in [7, 11) is 1.66. The van der Waals surface area contributed by atoms with E-state index in [2.05, 4.69) is 21.2 Å². The van der Waals surface area contributed by atoms with Gasteiger partial charge in [-0.05, 0) is 35.9 Å². The summed E-state index contributed by atoms with van der Waals surface area (Å²) in [5.74, 6) is 0.862. The molecule has 0 fully saturated rings. The standard InChI is InChI=1S/C14H15BrN2O/c1-18-12-5-2-10(3-6-12)9-17-14-8-11(15)4-7-13(14)16/h2-8,17H,9,16H2,1H3. The summed E-state index contributed by atoms with van der Waals surface area (Å²) in [6, 6.07) is 13.7. The van der Waals surface area contributed by atoms with Crippen LogP contribution in [-0.2, 0) is 6.54 Å². The fourth-order valence-corrected chi connectivity index (χ4v) is 1.98. The molecule has 0 saturated carbocycles. The van der Waals surface area contributed by atoms with Gasteiger partial charge in [0.1, 0.15) is 5.75 Å². The Labute approximate surface area is 115 Å². The van der Waals surface area contributed by atoms with Crippen LogP contribution in [0.15, 0.2) is 46.9 Å². The molecule has 0 aliphatic rings. The molecule has 0 saturated heterocycles. The van der Waals surface area contributed by atoms with Gasteiger partial charge in [0.05, 0.1) is 18.5 Å². The van der Waals surface area contributed by atoms with E-state index in [-0.39, 0.29) is 0 Å². The third-order valence-corrected chi connectivity index (χ3v) is 3.15. The van der Waals surface area contributed by atoms with Gasteiger partial charge in [0.25, 0.3) is 0 Å². The Hall–Kier alpha value is -1.68. The highest BCUT2D eigenvalue weighted by molar-refractivity contribution is 9.10. The molecule has 3 nitrogen and oxygen atoms in total. The van der Waals surface area contributed by atoms with E-state index in [1.54, 1.807) is 7.11 Å². The highest BCUT2D eigenvalue weighted by atomic mass is 79.9. The lowest BCUT2D eigenvalue weighted by Gasteiger charge is -2.10. The fraction of sp³-hybridized carbons (Fsp3) is 0.143. The second kappa shape index (κ2) is 5.78. The summed E-state index contributed by atoms with van der Waals surface area (Å²) >= 11 is 3.43. The van der Waals surface area contributed by atoms with Crippen LogP contribution in [0.3, 0.4) is 0 Å². The van der Waals surface area contributed by atoms with Crippen molar-refractivity contribution >= 4 is 27.3 Å². The van der Waals surface area contributed by atoms with E-state index in [0.717, 1.165) is 28.1 Å². The number of nitrogens with two attached hydrogens (primary N) is 1. The molecule has 0 aliphatic carbocycles. The Morgan fingerprint density at radius 2 is 1.89 bits per heavy atom. The second-order valence-electron chi connectivity index (χ2n) is 3.93. The molecule has 0 amide bonds. The summed E-state index contributed by atoms with van der Waals surface area (Å²) in [6.07, 6.45) is 0. The topological polar surface area (TPSA) is 47.3 Å². The summed E-state index contributed by atoms with van der Waals surface area (Å²) < 4.78 is 6.13. The Morgan fingerprint density at radius 3 is 2.56 bits per heavy atom. The van der Waals surface area contributed by atoms with Crippen molar-refractivity contribution in [1.82, 2.24) is 0 Å². The van der Waals surface area contributed by atoms with Crippen molar-refractivity contribution in [3.05, 3.63) is 52.5 Å². The molecular formula is C14H15BrN2O. The van der Waals surface area contributed by atoms with Crippen LogP contribution in [-0.4, -0.2) is 7.11 Å². The van der Waals surface area contributed by atoms with Crippen LogP contribution < -0.4 is 15.8 Å². The molecule has 0 unspecified atom stereocenters. The van der Waals surface area contributed by atoms with Crippen LogP contribution in [0, 0.1) is 0 Å². The van der Waals surface area contributed by atoms with Gasteiger partial charge in [-0.15, -0.1) is 0 Å². The number of halogens is 1. The number of nitrogens with one attached hydrogen (secondary N) is 1. The minimum absolute atomic E-state index is 0.727. The molecule has 2 rings (SSSR count). The number of hydrogen-bond donors (Lipinski definition) is 2. The number of anilines is 2. The zero-order valence-electron chi connectivity index (χ0n) is 10.1. The van der Waals surface area contributed by atoms with Crippen LogP contribution in [0.2, 0.25) is 0 Å². The van der Waals surface area contributed by atoms with Gasteiger partial charge >= 0.3 is 0 Å². The maximum atomic E-state index is 5.90. The number of hydrogen-bond acceptors (Lipinski definition) is 3. The molecule has 0 atom stereocenters. The first-order valence-corrected chi connectivity index (χ1v) is 6.40. The first kappa shape index (κ1) is 12.8. The maximum absolute atomic E-state index is 5.90. The minimum Gasteiger partial charge on any atom is -0.497 e. The molecule has 0 radical (unpaired) electrons. The summed E-state index contributed by atoms with van der Waals surface area (Å²) in [5, 5.41) is 3.31. The predicted octanol–water partition coefficient (Wildman–Crippen LogP) is 3.65. The maximum Gasteiger partial charge on any atom is 0.118 e. The molecule has 0 aliphatic heterocycles. The first-order chi connectivity index (χ1) is 8.69. The molecule has 0 heterocycles. The van der Waals surface area contributed by atoms with Crippen molar-refractivity contribution in [2.75, 3.05) is 18.2 Å². The lowest BCUT2D eigenvalue weighted by atomic mass is 10.2. The molecule has 2 aromatic rings. The van der Waals surface area contributed by atoms with Crippen LogP contribution in [0.4, 0.5) is 11.4 Å². The summed E-state index contributed by atoms with van der Waals surface area (Å²) in [6.45, 7) is 0.727. The van der Waals surface area contributed by atoms with Crippen LogP contribution in [0.25, 0.3) is 0 Å². The summed E-state index contributed by atoms with van der Waals surface area (Å²) in [5.41, 5.74) is 8.75. The largest absolute Gasteiger partial charge is 0.497 e. The van der Waals surface area contributed by atoms with Gasteiger partial charge in [0.2, 0.25) is 0 Å². The van der Waals surface area contributed by atoms with Crippen molar-refractivity contribution in [2.45, 2.75) is 6.54 Å². The van der Waals surface area contributed by atoms with E-state index in [9.17, 15) is 0 Å². The Bertz CT molecular complexity index is 526. The third-order valence-electron chi connectivity index (χ3n) is 2.66. The molecule has 2 aromatic carbocycles. The summed E-state index contributed by atoms with van der Waals surface area (Å²) in [4.78, 5) is 0. The van der Waals surface area contributed by atoms with Gasteiger partial charge in [0.15, 0.2) is 0 Å². The van der Waals surface area contributed by atoms with Gasteiger partial charge in [-0.25, -0.2) is 0 Å². The van der Waals surface area contributed by atoms with Crippen molar-refractivity contribution in [2.24, 2.45) is 0 Å². The Morgan fingerprint density at radius 1 is 1.17 bits per heavy atom. The predicted molar refractivity (Wildman–Crippen MR) is 78.9 cm³/mol. The van der Waals surface area contributed by atoms with Gasteiger partial charge in [-0.3, -0.25) is 0 Å². The average molecular weight is 307 g/mol. The van der Waals surface area contributed by atoms with E-state index in [1.807, 2.05) is 42.5 Å². The zero-order valence-corrected chi connectivity index (χ0v) is 11.7. The van der Waals surface area contributed by atoms with Crippen LogP contribution in [0.5, 0.6) is 5.75 Å². The number of benzene rings is 2. The quantitative estimate of drug-likeness (QED) is 0.848. The van der Waals surface area contributed by atoms with E-state index < -0.39 is 0 Å². The number of rotatable bonds is 4. The van der Waals surface area contributed by atoms with E-state index >= 15 is 0 Å². The van der Waals surface area contributed by atoms with Gasteiger partial charge in [-0.1, -0.05) is 28.1 Å². The lowest BCUT2D eigenvalue weighted by molar-refractivity contribution is 0.414. The molecular weight excluding hydrogens is 292 g/mol. The average Bonchev–Trinajstić information content (AvgIpc) is 2.40. The molecule has 0 spiro atoms. The SMILES string of the molecule is COc1ccc(CNc2cc(Br)ccc2N)cc1. The van der Waals surface area contributed by atoms with Gasteiger partial charge in [0, 0.05) is 11.0 Å². The van der Waals surface area contributed by atoms with Gasteiger partial charge < -0.3 is 15.8 Å². The fourth-order valence-electron chi connectivity index (χ4n) is 1.62. The molecule has 0 aromatic heterocycles. The molecule has 0 bridgehead atoms. The van der Waals surface area contributed by atoms with E-state index in [0.29, 0.717) is 0 Å².